The summed E-state index contributed by atoms with van der Waals surface area (Å²) in [5.74, 6) is 1.72. The van der Waals surface area contributed by atoms with Crippen molar-refractivity contribution in [3.05, 3.63) is 35.4 Å². The lowest BCUT2D eigenvalue weighted by atomic mass is 9.69. The largest absolute Gasteiger partial charge is 0.493 e. The van der Waals surface area contributed by atoms with Crippen LogP contribution in [0.25, 0.3) is 0 Å². The molecule has 34 heavy (non-hydrogen) atoms. The summed E-state index contributed by atoms with van der Waals surface area (Å²) >= 11 is 0. The van der Waals surface area contributed by atoms with Crippen LogP contribution in [0.5, 0.6) is 11.5 Å². The van der Waals surface area contributed by atoms with Gasteiger partial charge in [-0.15, -0.1) is 0 Å². The van der Waals surface area contributed by atoms with Crippen LogP contribution in [0.3, 0.4) is 0 Å². The molecule has 1 saturated heterocycles. The van der Waals surface area contributed by atoms with Crippen molar-refractivity contribution in [1.82, 2.24) is 9.80 Å². The van der Waals surface area contributed by atoms with Crippen molar-refractivity contribution in [2.24, 2.45) is 0 Å². The van der Waals surface area contributed by atoms with Gasteiger partial charge in [0.25, 0.3) is 0 Å². The van der Waals surface area contributed by atoms with Crippen molar-refractivity contribution in [1.29, 1.82) is 0 Å². The van der Waals surface area contributed by atoms with E-state index in [-0.39, 0.29) is 23.5 Å². The van der Waals surface area contributed by atoms with Gasteiger partial charge in [-0.2, -0.15) is 0 Å². The molecule has 1 aliphatic carbocycles. The van der Waals surface area contributed by atoms with Gasteiger partial charge < -0.3 is 29.5 Å². The lowest BCUT2D eigenvalue weighted by Crippen LogP contribution is -2.43. The SMILES string of the molecule is COc1ccc2c3c1O[C@@H]1CC(O)C=CC31CCN(C(=O)CCCCCN1CCC(O)CC1)C2. The Bertz CT molecular complexity index is 926. The van der Waals surface area contributed by atoms with Crippen molar-refractivity contribution < 1.29 is 24.5 Å². The second-order valence-corrected chi connectivity index (χ2v) is 10.4. The quantitative estimate of drug-likeness (QED) is 0.471. The van der Waals surface area contributed by atoms with Gasteiger partial charge in [0.2, 0.25) is 5.91 Å². The molecule has 5 rings (SSSR count). The van der Waals surface area contributed by atoms with Crippen molar-refractivity contribution in [3.8, 4) is 11.5 Å². The van der Waals surface area contributed by atoms with Crippen LogP contribution in [0.1, 0.15) is 62.5 Å². The number of unbranched alkanes of at least 4 members (excludes halogenated alkanes) is 2. The van der Waals surface area contributed by atoms with Crippen LogP contribution < -0.4 is 9.47 Å². The van der Waals surface area contributed by atoms with Crippen LogP contribution in [0.15, 0.2) is 24.3 Å². The highest BCUT2D eigenvalue weighted by Gasteiger charge is 2.53. The summed E-state index contributed by atoms with van der Waals surface area (Å²) in [6.07, 6.45) is 9.99. The molecular formula is C27H38N2O5. The van der Waals surface area contributed by atoms with E-state index in [1.165, 1.54) is 0 Å². The Balaban J connectivity index is 1.21. The third kappa shape index (κ3) is 4.45. The summed E-state index contributed by atoms with van der Waals surface area (Å²) in [5.41, 5.74) is 1.95. The summed E-state index contributed by atoms with van der Waals surface area (Å²) in [4.78, 5) is 17.6. The number of ether oxygens (including phenoxy) is 2. The van der Waals surface area contributed by atoms with Gasteiger partial charge in [0, 0.05) is 44.6 Å². The van der Waals surface area contributed by atoms with Crippen LogP contribution in [-0.2, 0) is 16.8 Å². The molecule has 0 bridgehead atoms. The van der Waals surface area contributed by atoms with Gasteiger partial charge in [-0.25, -0.2) is 0 Å². The topological polar surface area (TPSA) is 82.5 Å². The highest BCUT2D eigenvalue weighted by Crippen LogP contribution is 2.55. The lowest BCUT2D eigenvalue weighted by Gasteiger charge is -2.35. The summed E-state index contributed by atoms with van der Waals surface area (Å²) in [7, 11) is 1.65. The van der Waals surface area contributed by atoms with Crippen molar-refractivity contribution in [2.45, 2.75) is 81.6 Å². The number of hydrogen-bond donors (Lipinski definition) is 2. The van der Waals surface area contributed by atoms with E-state index < -0.39 is 6.10 Å². The Hall–Kier alpha value is -2.09. The van der Waals surface area contributed by atoms with E-state index in [1.54, 1.807) is 7.11 Å². The van der Waals surface area contributed by atoms with Gasteiger partial charge in [-0.1, -0.05) is 24.6 Å². The molecule has 1 amide bonds. The maximum atomic E-state index is 13.2. The van der Waals surface area contributed by atoms with E-state index in [9.17, 15) is 15.0 Å². The number of carbonyl (C=O) groups excluding carboxylic acids is 1. The van der Waals surface area contributed by atoms with Gasteiger partial charge in [-0.3, -0.25) is 4.79 Å². The summed E-state index contributed by atoms with van der Waals surface area (Å²) in [6, 6.07) is 4.01. The van der Waals surface area contributed by atoms with E-state index in [0.29, 0.717) is 25.9 Å². The molecule has 3 aliphatic heterocycles. The van der Waals surface area contributed by atoms with E-state index >= 15 is 0 Å². The van der Waals surface area contributed by atoms with Gasteiger partial charge in [0.1, 0.15) is 6.10 Å². The standard InChI is InChI=1S/C27H38N2O5/c1-33-22-7-6-19-18-29(24(32)5-3-2-4-13-28-14-9-20(30)10-15-28)16-12-27-11-8-21(31)17-23(27)34-26(22)25(19)27/h6-8,11,20-21,23,30-31H,2-5,9-10,12-18H2,1H3/t21?,23-,27?/m1/s1. The Morgan fingerprint density at radius 1 is 1.18 bits per heavy atom. The number of methoxy groups -OCH3 is 1. The number of likely N-dealkylation sites (tertiary alicyclic amines) is 1. The number of benzene rings is 1. The summed E-state index contributed by atoms with van der Waals surface area (Å²) < 4.78 is 12.0. The first-order chi connectivity index (χ1) is 16.5. The molecule has 1 aromatic rings. The normalized spacial score (nSPS) is 28.7. The van der Waals surface area contributed by atoms with Gasteiger partial charge in [0.15, 0.2) is 11.5 Å². The molecule has 7 nitrogen and oxygen atoms in total. The Labute approximate surface area is 202 Å². The smallest absolute Gasteiger partial charge is 0.222 e. The Morgan fingerprint density at radius 3 is 2.79 bits per heavy atom. The fourth-order valence-corrected chi connectivity index (χ4v) is 6.24. The first-order valence-corrected chi connectivity index (χ1v) is 12.9. The number of aliphatic hydroxyl groups is 2. The Kier molecular flexibility index (Phi) is 6.87. The maximum Gasteiger partial charge on any atom is 0.222 e. The Morgan fingerprint density at radius 2 is 2.00 bits per heavy atom. The minimum absolute atomic E-state index is 0.125. The minimum Gasteiger partial charge on any atom is -0.493 e. The molecule has 0 aromatic heterocycles. The zero-order chi connectivity index (χ0) is 23.7. The molecule has 7 heteroatoms. The highest BCUT2D eigenvalue weighted by atomic mass is 16.5. The molecule has 2 unspecified atom stereocenters. The molecular weight excluding hydrogens is 432 g/mol. The van der Waals surface area contributed by atoms with Crippen LogP contribution in [0.2, 0.25) is 0 Å². The molecule has 1 aromatic carbocycles. The van der Waals surface area contributed by atoms with Crippen LogP contribution in [0, 0.1) is 0 Å². The zero-order valence-electron chi connectivity index (χ0n) is 20.2. The fraction of sp³-hybridized carbons (Fsp3) is 0.667. The second-order valence-electron chi connectivity index (χ2n) is 10.4. The van der Waals surface area contributed by atoms with Gasteiger partial charge >= 0.3 is 0 Å². The van der Waals surface area contributed by atoms with Crippen LogP contribution >= 0.6 is 0 Å². The molecule has 0 saturated carbocycles. The molecule has 3 atom stereocenters. The summed E-state index contributed by atoms with van der Waals surface area (Å²) in [5, 5.41) is 19.9. The first-order valence-electron chi connectivity index (χ1n) is 12.9. The van der Waals surface area contributed by atoms with E-state index in [2.05, 4.69) is 17.0 Å². The second kappa shape index (κ2) is 9.88. The maximum absolute atomic E-state index is 13.2. The minimum atomic E-state index is -0.504. The third-order valence-electron chi connectivity index (χ3n) is 8.23. The van der Waals surface area contributed by atoms with Crippen molar-refractivity contribution >= 4 is 5.91 Å². The van der Waals surface area contributed by atoms with Crippen LogP contribution in [-0.4, -0.2) is 77.5 Å². The van der Waals surface area contributed by atoms with Crippen LogP contribution in [0.4, 0.5) is 0 Å². The van der Waals surface area contributed by atoms with E-state index in [4.69, 9.17) is 9.47 Å². The first kappa shape index (κ1) is 23.6. The predicted molar refractivity (Wildman–Crippen MR) is 129 cm³/mol. The number of carbonyl (C=O) groups is 1. The molecule has 0 radical (unpaired) electrons. The molecule has 186 valence electrons. The number of piperidine rings is 1. The van der Waals surface area contributed by atoms with Gasteiger partial charge in [0.05, 0.1) is 24.7 Å². The zero-order valence-corrected chi connectivity index (χ0v) is 20.2. The predicted octanol–water partition coefficient (Wildman–Crippen LogP) is 2.76. The molecule has 4 aliphatic rings. The molecule has 1 spiro atoms. The highest BCUT2D eigenvalue weighted by molar-refractivity contribution is 5.76. The van der Waals surface area contributed by atoms with Crippen molar-refractivity contribution in [3.63, 3.8) is 0 Å². The number of amides is 1. The average molecular weight is 471 g/mol. The van der Waals surface area contributed by atoms with Gasteiger partial charge in [-0.05, 0) is 50.3 Å². The molecule has 3 heterocycles. The number of rotatable bonds is 7. The monoisotopic (exact) mass is 470 g/mol. The number of nitrogens with zero attached hydrogens (tertiary/aromatic N) is 2. The summed E-state index contributed by atoms with van der Waals surface area (Å²) in [6.45, 7) is 4.31. The number of aliphatic hydroxyl groups excluding tert-OH is 2. The molecule has 2 N–H and O–H groups in total. The molecule has 1 fully saturated rings. The number of hydrogen-bond acceptors (Lipinski definition) is 6. The third-order valence-corrected chi connectivity index (χ3v) is 8.23. The van der Waals surface area contributed by atoms with E-state index in [1.807, 2.05) is 17.0 Å². The average Bonchev–Trinajstić information content (AvgIpc) is 3.07. The lowest BCUT2D eigenvalue weighted by molar-refractivity contribution is -0.132. The van der Waals surface area contributed by atoms with Crippen molar-refractivity contribution in [2.75, 3.05) is 33.3 Å². The van der Waals surface area contributed by atoms with E-state index in [0.717, 1.165) is 80.8 Å². The fourth-order valence-electron chi connectivity index (χ4n) is 6.24.